The van der Waals surface area contributed by atoms with Gasteiger partial charge in [-0.05, 0) is 17.2 Å². The summed E-state index contributed by atoms with van der Waals surface area (Å²) in [5.74, 6) is -0.130. The lowest BCUT2D eigenvalue weighted by molar-refractivity contribution is 0.580. The largest absolute Gasteiger partial charge is 0.260 e. The van der Waals surface area contributed by atoms with Gasteiger partial charge in [0.2, 0.25) is 10.0 Å². The van der Waals surface area contributed by atoms with Crippen molar-refractivity contribution in [1.29, 1.82) is 0 Å². The molecule has 4 nitrogen and oxygen atoms in total. The van der Waals surface area contributed by atoms with Gasteiger partial charge >= 0.3 is 0 Å². The molecule has 5 heteroatoms. The second kappa shape index (κ2) is 7.38. The highest BCUT2D eigenvalue weighted by Gasteiger charge is 2.12. The minimum atomic E-state index is -3.42. The Morgan fingerprint density at radius 3 is 2.08 bits per heavy atom. The van der Waals surface area contributed by atoms with Crippen LogP contribution >= 0.6 is 0 Å². The number of hydrogen-bond donors (Lipinski definition) is 1. The second-order valence-electron chi connectivity index (χ2n) is 5.47. The molecule has 1 heterocycles. The molecule has 3 aromatic rings. The van der Waals surface area contributed by atoms with E-state index in [1.807, 2.05) is 66.7 Å². The fraction of sp³-hybridized carbons (Fsp3) is 0.105. The molecule has 0 aliphatic heterocycles. The third-order valence-corrected chi connectivity index (χ3v) is 4.87. The van der Waals surface area contributed by atoms with Crippen molar-refractivity contribution >= 4 is 10.0 Å². The van der Waals surface area contributed by atoms with Crippen molar-refractivity contribution < 1.29 is 8.42 Å². The van der Waals surface area contributed by atoms with Gasteiger partial charge in [0.15, 0.2) is 0 Å². The van der Waals surface area contributed by atoms with Gasteiger partial charge in [-0.3, -0.25) is 4.98 Å². The zero-order valence-electron chi connectivity index (χ0n) is 13.1. The van der Waals surface area contributed by atoms with Gasteiger partial charge in [0.1, 0.15) is 5.75 Å². The number of nitrogens with one attached hydrogen (secondary N) is 1. The Morgan fingerprint density at radius 2 is 1.46 bits per heavy atom. The minimum absolute atomic E-state index is 0.130. The molecule has 0 aliphatic carbocycles. The Labute approximate surface area is 142 Å². The van der Waals surface area contributed by atoms with Crippen LogP contribution in [0.4, 0.5) is 0 Å². The van der Waals surface area contributed by atoms with E-state index in [0.717, 1.165) is 16.7 Å². The molecular formula is C19H18N2O2S. The van der Waals surface area contributed by atoms with E-state index in [1.165, 1.54) is 0 Å². The zero-order valence-corrected chi connectivity index (χ0v) is 13.9. The molecule has 122 valence electrons. The monoisotopic (exact) mass is 338 g/mol. The lowest BCUT2D eigenvalue weighted by Crippen LogP contribution is -2.25. The lowest BCUT2D eigenvalue weighted by atomic mass is 10.1. The summed E-state index contributed by atoms with van der Waals surface area (Å²) in [5.41, 5.74) is 3.47. The molecule has 0 radical (unpaired) electrons. The zero-order chi connectivity index (χ0) is 16.8. The summed E-state index contributed by atoms with van der Waals surface area (Å²) in [6.07, 6.45) is 1.71. The van der Waals surface area contributed by atoms with Gasteiger partial charge in [-0.1, -0.05) is 66.7 Å². The highest BCUT2D eigenvalue weighted by atomic mass is 32.2. The van der Waals surface area contributed by atoms with Crippen molar-refractivity contribution in [2.45, 2.75) is 12.3 Å². The smallest absolute Gasteiger partial charge is 0.217 e. The number of benzene rings is 2. The first-order valence-electron chi connectivity index (χ1n) is 7.64. The molecule has 0 atom stereocenters. The van der Waals surface area contributed by atoms with E-state index in [4.69, 9.17) is 0 Å². The third kappa shape index (κ3) is 4.50. The molecule has 1 aromatic heterocycles. The highest BCUT2D eigenvalue weighted by Crippen LogP contribution is 2.18. The number of sulfonamides is 1. The van der Waals surface area contributed by atoms with E-state index in [2.05, 4.69) is 9.71 Å². The molecule has 0 saturated carbocycles. The number of hydrogen-bond acceptors (Lipinski definition) is 3. The van der Waals surface area contributed by atoms with E-state index in [9.17, 15) is 8.42 Å². The van der Waals surface area contributed by atoms with Crippen LogP contribution in [0.5, 0.6) is 0 Å². The van der Waals surface area contributed by atoms with Crippen molar-refractivity contribution in [3.63, 3.8) is 0 Å². The lowest BCUT2D eigenvalue weighted by Gasteiger charge is -2.07. The van der Waals surface area contributed by atoms with E-state index in [-0.39, 0.29) is 12.3 Å². The van der Waals surface area contributed by atoms with Crippen LogP contribution in [-0.4, -0.2) is 13.4 Å². The average Bonchev–Trinajstić information content (AvgIpc) is 2.62. The van der Waals surface area contributed by atoms with Crippen LogP contribution in [0.1, 0.15) is 11.3 Å². The van der Waals surface area contributed by atoms with E-state index >= 15 is 0 Å². The number of pyridine rings is 1. The van der Waals surface area contributed by atoms with Crippen molar-refractivity contribution in [1.82, 2.24) is 9.71 Å². The highest BCUT2D eigenvalue weighted by molar-refractivity contribution is 7.88. The van der Waals surface area contributed by atoms with Gasteiger partial charge in [0.25, 0.3) is 0 Å². The summed E-state index contributed by atoms with van der Waals surface area (Å²) in [5, 5.41) is 0. The van der Waals surface area contributed by atoms with Crippen LogP contribution in [0.15, 0.2) is 79.0 Å². The molecular weight excluding hydrogens is 320 g/mol. The molecule has 2 aromatic carbocycles. The van der Waals surface area contributed by atoms with Gasteiger partial charge in [0.05, 0.1) is 5.69 Å². The van der Waals surface area contributed by atoms with Crippen LogP contribution in [0.2, 0.25) is 0 Å². The maximum Gasteiger partial charge on any atom is 0.217 e. The quantitative estimate of drug-likeness (QED) is 0.750. The van der Waals surface area contributed by atoms with E-state index in [1.54, 1.807) is 12.3 Å². The van der Waals surface area contributed by atoms with Crippen molar-refractivity contribution in [2.24, 2.45) is 0 Å². The summed E-state index contributed by atoms with van der Waals surface area (Å²) >= 11 is 0. The van der Waals surface area contributed by atoms with Crippen molar-refractivity contribution in [3.05, 3.63) is 90.3 Å². The van der Waals surface area contributed by atoms with Gasteiger partial charge in [-0.2, -0.15) is 0 Å². The molecule has 0 bridgehead atoms. The van der Waals surface area contributed by atoms with Crippen LogP contribution in [0.3, 0.4) is 0 Å². The first-order chi connectivity index (χ1) is 11.6. The fourth-order valence-corrected chi connectivity index (χ4v) is 3.39. The van der Waals surface area contributed by atoms with Crippen LogP contribution in [0, 0.1) is 0 Å². The number of rotatable bonds is 6. The summed E-state index contributed by atoms with van der Waals surface area (Å²) in [4.78, 5) is 4.28. The third-order valence-electron chi connectivity index (χ3n) is 3.61. The summed E-state index contributed by atoms with van der Waals surface area (Å²) in [6.45, 7) is 0.283. The van der Waals surface area contributed by atoms with Crippen molar-refractivity contribution in [3.8, 4) is 11.1 Å². The molecule has 0 unspecified atom stereocenters. The van der Waals surface area contributed by atoms with Crippen molar-refractivity contribution in [2.75, 3.05) is 0 Å². The fourth-order valence-electron chi connectivity index (χ4n) is 2.35. The van der Waals surface area contributed by atoms with Gasteiger partial charge in [0, 0.05) is 18.3 Å². The topological polar surface area (TPSA) is 59.1 Å². The molecule has 0 saturated heterocycles. The summed E-state index contributed by atoms with van der Waals surface area (Å²) < 4.78 is 27.0. The standard InChI is InChI=1S/C19H18N2O2S/c22-24(23,21-13-16-7-3-1-4-8-16)15-19-12-11-18(14-20-19)17-9-5-2-6-10-17/h1-12,14,21H,13,15H2. The van der Waals surface area contributed by atoms with Crippen LogP contribution in [-0.2, 0) is 22.3 Å². The minimum Gasteiger partial charge on any atom is -0.260 e. The molecule has 0 aliphatic rings. The van der Waals surface area contributed by atoms with Crippen LogP contribution < -0.4 is 4.72 Å². The molecule has 0 amide bonds. The second-order valence-corrected chi connectivity index (χ2v) is 7.28. The normalized spacial score (nSPS) is 11.3. The van der Waals surface area contributed by atoms with Gasteiger partial charge in [-0.15, -0.1) is 0 Å². The Bertz CT molecular complexity index is 878. The first kappa shape index (κ1) is 16.4. The predicted molar refractivity (Wildman–Crippen MR) is 95.6 cm³/mol. The van der Waals surface area contributed by atoms with Gasteiger partial charge < -0.3 is 0 Å². The molecule has 1 N–H and O–H groups in total. The maximum atomic E-state index is 12.2. The molecule has 0 fully saturated rings. The molecule has 0 spiro atoms. The number of nitrogens with zero attached hydrogens (tertiary/aromatic N) is 1. The van der Waals surface area contributed by atoms with E-state index < -0.39 is 10.0 Å². The number of aromatic nitrogens is 1. The SMILES string of the molecule is O=S(=O)(Cc1ccc(-c2ccccc2)cn1)NCc1ccccc1. The molecule has 24 heavy (non-hydrogen) atoms. The Balaban J connectivity index is 1.64. The summed E-state index contributed by atoms with van der Waals surface area (Å²) in [6, 6.07) is 22.9. The Hall–Kier alpha value is -2.50. The average molecular weight is 338 g/mol. The summed E-state index contributed by atoms with van der Waals surface area (Å²) in [7, 11) is -3.42. The van der Waals surface area contributed by atoms with Gasteiger partial charge in [-0.25, -0.2) is 13.1 Å². The Morgan fingerprint density at radius 1 is 0.792 bits per heavy atom. The molecule has 3 rings (SSSR count). The maximum absolute atomic E-state index is 12.2. The van der Waals surface area contributed by atoms with E-state index in [0.29, 0.717) is 5.69 Å². The van der Waals surface area contributed by atoms with Crippen LogP contribution in [0.25, 0.3) is 11.1 Å². The first-order valence-corrected chi connectivity index (χ1v) is 9.29. The predicted octanol–water partition coefficient (Wildman–Crippen LogP) is 3.37. The Kier molecular flexibility index (Phi) is 5.03.